The summed E-state index contributed by atoms with van der Waals surface area (Å²) < 4.78 is 0. The van der Waals surface area contributed by atoms with Crippen LogP contribution in [0.25, 0.3) is 22.3 Å². The lowest BCUT2D eigenvalue weighted by Crippen LogP contribution is -2.18. The van der Waals surface area contributed by atoms with Crippen molar-refractivity contribution in [3.8, 4) is 22.3 Å². The van der Waals surface area contributed by atoms with Gasteiger partial charge < -0.3 is 14.9 Å². The highest BCUT2D eigenvalue weighted by Gasteiger charge is 2.12. The Morgan fingerprint density at radius 3 is 1.49 bits per heavy atom. The largest absolute Gasteiger partial charge is 0.488 e. The maximum Gasteiger partial charge on any atom is 0.488 e. The Bertz CT molecular complexity index is 1200. The SMILES string of the molecule is C=C/C=C(\C=C/CN(c1ccc(-c2ccccc2)cc1)c1ccc(-c2ccccc2)cc1)B(O)O. The lowest BCUT2D eigenvalue weighted by atomic mass is 9.79. The fraction of sp³-hybridized carbons (Fsp3) is 0.0323. The van der Waals surface area contributed by atoms with Crippen LogP contribution in [-0.4, -0.2) is 23.7 Å². The van der Waals surface area contributed by atoms with Crippen LogP contribution >= 0.6 is 0 Å². The van der Waals surface area contributed by atoms with Crippen molar-refractivity contribution in [1.82, 2.24) is 0 Å². The van der Waals surface area contributed by atoms with Crippen LogP contribution in [0.3, 0.4) is 0 Å². The fourth-order valence-electron chi connectivity index (χ4n) is 3.95. The van der Waals surface area contributed by atoms with E-state index >= 15 is 0 Å². The van der Waals surface area contributed by atoms with E-state index in [2.05, 4.69) is 84.3 Å². The second-order valence-corrected chi connectivity index (χ2v) is 8.11. The highest BCUT2D eigenvalue weighted by atomic mass is 16.4. The van der Waals surface area contributed by atoms with Crippen molar-refractivity contribution < 1.29 is 10.0 Å². The maximum absolute atomic E-state index is 9.59. The molecule has 0 bridgehead atoms. The first-order valence-corrected chi connectivity index (χ1v) is 11.6. The summed E-state index contributed by atoms with van der Waals surface area (Å²) in [5.74, 6) is 0. The minimum Gasteiger partial charge on any atom is -0.423 e. The van der Waals surface area contributed by atoms with E-state index in [1.54, 1.807) is 18.2 Å². The van der Waals surface area contributed by atoms with Gasteiger partial charge in [0.15, 0.2) is 0 Å². The molecule has 4 aromatic rings. The molecule has 0 aliphatic rings. The van der Waals surface area contributed by atoms with Crippen molar-refractivity contribution in [3.63, 3.8) is 0 Å². The molecule has 0 aliphatic carbocycles. The number of hydrogen-bond donors (Lipinski definition) is 2. The van der Waals surface area contributed by atoms with Gasteiger partial charge in [-0.2, -0.15) is 0 Å². The van der Waals surface area contributed by atoms with Crippen LogP contribution in [0, 0.1) is 0 Å². The van der Waals surface area contributed by atoms with Crippen LogP contribution in [0.15, 0.2) is 146 Å². The second kappa shape index (κ2) is 11.8. The lowest BCUT2D eigenvalue weighted by molar-refractivity contribution is 0.420. The third-order valence-corrected chi connectivity index (χ3v) is 5.78. The van der Waals surface area contributed by atoms with E-state index in [1.165, 1.54) is 11.1 Å². The molecule has 0 spiro atoms. The molecule has 0 fully saturated rings. The summed E-state index contributed by atoms with van der Waals surface area (Å²) in [7, 11) is -1.55. The molecule has 0 saturated heterocycles. The number of hydrogen-bond acceptors (Lipinski definition) is 3. The Morgan fingerprint density at radius 1 is 0.657 bits per heavy atom. The number of allylic oxidation sites excluding steroid dienone is 4. The summed E-state index contributed by atoms with van der Waals surface area (Å²) in [5, 5.41) is 19.2. The zero-order valence-electron chi connectivity index (χ0n) is 19.5. The molecule has 4 aromatic carbocycles. The van der Waals surface area contributed by atoms with E-state index in [0.29, 0.717) is 12.0 Å². The van der Waals surface area contributed by atoms with Gasteiger partial charge in [0, 0.05) is 17.9 Å². The Hall–Kier alpha value is -4.12. The molecule has 0 unspecified atom stereocenters. The zero-order chi connectivity index (χ0) is 24.5. The van der Waals surface area contributed by atoms with Crippen molar-refractivity contribution in [2.24, 2.45) is 0 Å². The van der Waals surface area contributed by atoms with Crippen molar-refractivity contribution in [3.05, 3.63) is 146 Å². The van der Waals surface area contributed by atoms with E-state index < -0.39 is 7.12 Å². The van der Waals surface area contributed by atoms with Gasteiger partial charge in [-0.25, -0.2) is 0 Å². The summed E-state index contributed by atoms with van der Waals surface area (Å²) in [6.45, 7) is 4.20. The molecule has 172 valence electrons. The average molecular weight is 457 g/mol. The van der Waals surface area contributed by atoms with Gasteiger partial charge in [-0.1, -0.05) is 116 Å². The van der Waals surface area contributed by atoms with E-state index in [4.69, 9.17) is 0 Å². The third kappa shape index (κ3) is 6.27. The third-order valence-electron chi connectivity index (χ3n) is 5.78. The number of nitrogens with zero attached hydrogens (tertiary/aromatic N) is 1. The van der Waals surface area contributed by atoms with Gasteiger partial charge in [0.25, 0.3) is 0 Å². The van der Waals surface area contributed by atoms with Crippen molar-refractivity contribution in [2.45, 2.75) is 0 Å². The van der Waals surface area contributed by atoms with E-state index in [1.807, 2.05) is 42.5 Å². The lowest BCUT2D eigenvalue weighted by Gasteiger charge is -2.24. The number of benzene rings is 4. The first-order valence-electron chi connectivity index (χ1n) is 11.6. The molecule has 0 aliphatic heterocycles. The summed E-state index contributed by atoms with van der Waals surface area (Å²) in [6.07, 6.45) is 6.78. The molecule has 0 aromatic heterocycles. The van der Waals surface area contributed by atoms with Gasteiger partial charge >= 0.3 is 7.12 Å². The quantitative estimate of drug-likeness (QED) is 0.214. The highest BCUT2D eigenvalue weighted by molar-refractivity contribution is 6.51. The standard InChI is InChI=1S/C31H28BNO2/c1-2-10-29(32(34)35)15-9-24-33(30-20-16-27(17-21-30)25-11-5-3-6-12-25)31-22-18-28(19-23-31)26-13-7-4-8-14-26/h2-23,34-35H,1,24H2/b15-9-,29-10+. The number of rotatable bonds is 9. The van der Waals surface area contributed by atoms with E-state index in [-0.39, 0.29) is 0 Å². The zero-order valence-corrected chi connectivity index (χ0v) is 19.5. The van der Waals surface area contributed by atoms with Crippen LogP contribution < -0.4 is 4.90 Å². The molecule has 0 heterocycles. The monoisotopic (exact) mass is 457 g/mol. The molecular formula is C31H28BNO2. The first kappa shape index (κ1) is 24.0. The van der Waals surface area contributed by atoms with Gasteiger partial charge in [-0.15, -0.1) is 0 Å². The second-order valence-electron chi connectivity index (χ2n) is 8.11. The molecular weight excluding hydrogens is 429 g/mol. The first-order chi connectivity index (χ1) is 17.2. The smallest absolute Gasteiger partial charge is 0.423 e. The van der Waals surface area contributed by atoms with E-state index in [9.17, 15) is 10.0 Å². The summed E-state index contributed by atoms with van der Waals surface area (Å²) >= 11 is 0. The van der Waals surface area contributed by atoms with Crippen LogP contribution in [0.5, 0.6) is 0 Å². The van der Waals surface area contributed by atoms with Crippen molar-refractivity contribution in [1.29, 1.82) is 0 Å². The molecule has 2 N–H and O–H groups in total. The fourth-order valence-corrected chi connectivity index (χ4v) is 3.95. The molecule has 0 amide bonds. The Labute approximate surface area is 207 Å². The molecule has 0 atom stereocenters. The van der Waals surface area contributed by atoms with Crippen LogP contribution in [-0.2, 0) is 0 Å². The average Bonchev–Trinajstić information content (AvgIpc) is 2.92. The Morgan fingerprint density at radius 2 is 1.09 bits per heavy atom. The molecule has 4 rings (SSSR count). The highest BCUT2D eigenvalue weighted by Crippen LogP contribution is 2.30. The molecule has 3 nitrogen and oxygen atoms in total. The van der Waals surface area contributed by atoms with Gasteiger partial charge in [-0.05, 0) is 52.0 Å². The number of anilines is 2. The van der Waals surface area contributed by atoms with Gasteiger partial charge in [-0.3, -0.25) is 0 Å². The summed E-state index contributed by atoms with van der Waals surface area (Å²) in [6, 6.07) is 37.6. The molecule has 4 heteroatoms. The minimum absolute atomic E-state index is 0.388. The van der Waals surface area contributed by atoms with Crippen LogP contribution in [0.2, 0.25) is 0 Å². The summed E-state index contributed by atoms with van der Waals surface area (Å²) in [5.41, 5.74) is 7.13. The Balaban J connectivity index is 1.64. The predicted molar refractivity (Wildman–Crippen MR) is 148 cm³/mol. The predicted octanol–water partition coefficient (Wildman–Crippen LogP) is 6.84. The topological polar surface area (TPSA) is 43.7 Å². The van der Waals surface area contributed by atoms with Gasteiger partial charge in [0.05, 0.1) is 0 Å². The van der Waals surface area contributed by atoms with Crippen molar-refractivity contribution in [2.75, 3.05) is 11.4 Å². The van der Waals surface area contributed by atoms with E-state index in [0.717, 1.165) is 22.5 Å². The van der Waals surface area contributed by atoms with Gasteiger partial charge in [0.1, 0.15) is 0 Å². The van der Waals surface area contributed by atoms with Crippen molar-refractivity contribution >= 4 is 18.5 Å². The van der Waals surface area contributed by atoms with Crippen LogP contribution in [0.1, 0.15) is 0 Å². The maximum atomic E-state index is 9.59. The Kier molecular flexibility index (Phi) is 8.13. The van der Waals surface area contributed by atoms with Crippen LogP contribution in [0.4, 0.5) is 11.4 Å². The summed E-state index contributed by atoms with van der Waals surface area (Å²) in [4.78, 5) is 2.19. The molecule has 0 radical (unpaired) electrons. The minimum atomic E-state index is -1.55. The normalized spacial score (nSPS) is 11.4. The molecule has 35 heavy (non-hydrogen) atoms. The molecule has 0 saturated carbocycles. The van der Waals surface area contributed by atoms with Gasteiger partial charge in [0.2, 0.25) is 0 Å².